The fourth-order valence-electron chi connectivity index (χ4n) is 2.98. The van der Waals surface area contributed by atoms with E-state index in [0.29, 0.717) is 6.54 Å². The van der Waals surface area contributed by atoms with Gasteiger partial charge in [0.25, 0.3) is 0 Å². The van der Waals surface area contributed by atoms with Crippen molar-refractivity contribution in [3.05, 3.63) is 42.0 Å². The van der Waals surface area contributed by atoms with Crippen LogP contribution in [0, 0.1) is 0 Å². The minimum absolute atomic E-state index is 0.133. The molecule has 1 aromatic heterocycles. The van der Waals surface area contributed by atoms with Crippen molar-refractivity contribution in [2.45, 2.75) is 31.7 Å². The molecular formula is C18H26N6O. The molecule has 0 unspecified atom stereocenters. The Balaban J connectivity index is 1.68. The van der Waals surface area contributed by atoms with Crippen LogP contribution in [0.25, 0.3) is 0 Å². The Morgan fingerprint density at radius 3 is 2.76 bits per heavy atom. The van der Waals surface area contributed by atoms with E-state index in [-0.39, 0.29) is 5.41 Å². The summed E-state index contributed by atoms with van der Waals surface area (Å²) in [7, 11) is 3.60. The minimum Gasteiger partial charge on any atom is -0.496 e. The number of rotatable bonds is 7. The van der Waals surface area contributed by atoms with Gasteiger partial charge in [-0.05, 0) is 25.8 Å². The lowest BCUT2D eigenvalue weighted by atomic mass is 9.95. The first-order valence-electron chi connectivity index (χ1n) is 8.67. The summed E-state index contributed by atoms with van der Waals surface area (Å²) < 4.78 is 7.28. The predicted octanol–water partition coefficient (Wildman–Crippen LogP) is 1.61. The molecular weight excluding hydrogens is 316 g/mol. The average molecular weight is 342 g/mol. The van der Waals surface area contributed by atoms with Gasteiger partial charge >= 0.3 is 0 Å². The summed E-state index contributed by atoms with van der Waals surface area (Å²) in [5.41, 5.74) is 1.40. The number of aryl methyl sites for hydroxylation is 1. The maximum atomic E-state index is 5.54. The number of guanidine groups is 1. The smallest absolute Gasteiger partial charge is 0.191 e. The molecule has 1 saturated carbocycles. The first kappa shape index (κ1) is 17.3. The van der Waals surface area contributed by atoms with Crippen LogP contribution >= 0.6 is 0 Å². The van der Waals surface area contributed by atoms with E-state index in [0.717, 1.165) is 43.5 Å². The monoisotopic (exact) mass is 342 g/mol. The van der Waals surface area contributed by atoms with Crippen molar-refractivity contribution in [1.82, 2.24) is 25.4 Å². The molecule has 2 aromatic rings. The first-order valence-corrected chi connectivity index (χ1v) is 8.67. The third-order valence-electron chi connectivity index (χ3n) is 4.65. The van der Waals surface area contributed by atoms with Crippen LogP contribution in [0.4, 0.5) is 0 Å². The molecule has 2 N–H and O–H groups in total. The summed E-state index contributed by atoms with van der Waals surface area (Å²) in [6.07, 6.45) is 3.86. The number of nitrogens with one attached hydrogen (secondary N) is 2. The molecule has 1 aromatic carbocycles. The van der Waals surface area contributed by atoms with E-state index < -0.39 is 0 Å². The normalized spacial score (nSPS) is 15.7. The van der Waals surface area contributed by atoms with Crippen molar-refractivity contribution < 1.29 is 4.74 Å². The number of aromatic nitrogens is 3. The first-order chi connectivity index (χ1) is 12.2. The summed E-state index contributed by atoms with van der Waals surface area (Å²) >= 11 is 0. The van der Waals surface area contributed by atoms with Gasteiger partial charge in [0, 0.05) is 31.1 Å². The third kappa shape index (κ3) is 3.92. The molecule has 0 aliphatic heterocycles. The van der Waals surface area contributed by atoms with Gasteiger partial charge in [0.15, 0.2) is 5.96 Å². The van der Waals surface area contributed by atoms with Crippen LogP contribution in [0.1, 0.15) is 31.2 Å². The third-order valence-corrected chi connectivity index (χ3v) is 4.65. The van der Waals surface area contributed by atoms with Gasteiger partial charge in [-0.1, -0.05) is 18.2 Å². The standard InChI is InChI=1S/C18H26N6O/c1-4-19-17(20-11-16-22-13-23-24(16)2)21-12-18(9-10-18)14-7-5-6-8-15(14)25-3/h5-8,13H,4,9-12H2,1-3H3,(H2,19,20,21). The number of ether oxygens (including phenoxy) is 1. The van der Waals surface area contributed by atoms with E-state index in [1.54, 1.807) is 18.1 Å². The molecule has 0 bridgehead atoms. The van der Waals surface area contributed by atoms with E-state index in [1.165, 1.54) is 5.56 Å². The van der Waals surface area contributed by atoms with Gasteiger partial charge in [0.05, 0.1) is 7.11 Å². The number of hydrogen-bond donors (Lipinski definition) is 2. The summed E-state index contributed by atoms with van der Waals surface area (Å²) in [5, 5.41) is 10.9. The summed E-state index contributed by atoms with van der Waals surface area (Å²) in [5.74, 6) is 2.59. The van der Waals surface area contributed by atoms with Crippen LogP contribution in [0.2, 0.25) is 0 Å². The second-order valence-electron chi connectivity index (χ2n) is 6.33. The lowest BCUT2D eigenvalue weighted by Crippen LogP contribution is -2.41. The van der Waals surface area contributed by atoms with E-state index >= 15 is 0 Å². The number of nitrogens with zero attached hydrogens (tertiary/aromatic N) is 4. The van der Waals surface area contributed by atoms with Gasteiger partial charge in [0.1, 0.15) is 24.4 Å². The highest BCUT2D eigenvalue weighted by molar-refractivity contribution is 5.80. The van der Waals surface area contributed by atoms with Gasteiger partial charge in [-0.25, -0.2) is 9.98 Å². The lowest BCUT2D eigenvalue weighted by molar-refractivity contribution is 0.403. The second-order valence-corrected chi connectivity index (χ2v) is 6.33. The largest absolute Gasteiger partial charge is 0.496 e. The van der Waals surface area contributed by atoms with Crippen molar-refractivity contribution in [2.75, 3.05) is 20.2 Å². The zero-order chi connectivity index (χ0) is 17.7. The fourth-order valence-corrected chi connectivity index (χ4v) is 2.98. The van der Waals surface area contributed by atoms with E-state index in [2.05, 4.69) is 44.8 Å². The highest BCUT2D eigenvalue weighted by Gasteiger charge is 2.46. The minimum atomic E-state index is 0.133. The molecule has 134 valence electrons. The Kier molecular flexibility index (Phi) is 5.21. The van der Waals surface area contributed by atoms with Crippen molar-refractivity contribution >= 4 is 5.96 Å². The summed E-state index contributed by atoms with van der Waals surface area (Å²) in [6.45, 7) is 4.20. The Bertz CT molecular complexity index is 735. The predicted molar refractivity (Wildman–Crippen MR) is 97.7 cm³/mol. The van der Waals surface area contributed by atoms with Crippen molar-refractivity contribution in [3.63, 3.8) is 0 Å². The maximum absolute atomic E-state index is 5.54. The summed E-state index contributed by atoms with van der Waals surface area (Å²) in [6, 6.07) is 8.28. The van der Waals surface area contributed by atoms with Crippen LogP contribution in [0.3, 0.4) is 0 Å². The van der Waals surface area contributed by atoms with E-state index in [4.69, 9.17) is 4.74 Å². The molecule has 7 heteroatoms. The van der Waals surface area contributed by atoms with E-state index in [9.17, 15) is 0 Å². The molecule has 1 fully saturated rings. The van der Waals surface area contributed by atoms with Crippen LogP contribution in [-0.2, 0) is 19.0 Å². The molecule has 0 radical (unpaired) electrons. The maximum Gasteiger partial charge on any atom is 0.191 e. The van der Waals surface area contributed by atoms with Crippen LogP contribution in [0.5, 0.6) is 5.75 Å². The average Bonchev–Trinajstić information content (AvgIpc) is 3.32. The number of methoxy groups -OCH3 is 1. The highest BCUT2D eigenvalue weighted by Crippen LogP contribution is 2.50. The van der Waals surface area contributed by atoms with Crippen molar-refractivity contribution in [3.8, 4) is 5.75 Å². The number of hydrogen-bond acceptors (Lipinski definition) is 4. The molecule has 1 aliphatic rings. The lowest BCUT2D eigenvalue weighted by Gasteiger charge is -2.21. The Hall–Kier alpha value is -2.57. The Labute approximate surface area is 148 Å². The molecule has 0 saturated heterocycles. The number of aliphatic imine (C=N–C) groups is 1. The fraction of sp³-hybridized carbons (Fsp3) is 0.500. The van der Waals surface area contributed by atoms with Crippen molar-refractivity contribution in [1.29, 1.82) is 0 Å². The summed E-state index contributed by atoms with van der Waals surface area (Å²) in [4.78, 5) is 8.84. The molecule has 7 nitrogen and oxygen atoms in total. The molecule has 0 atom stereocenters. The topological polar surface area (TPSA) is 76.4 Å². The van der Waals surface area contributed by atoms with Gasteiger partial charge in [-0.2, -0.15) is 5.10 Å². The van der Waals surface area contributed by atoms with E-state index in [1.807, 2.05) is 19.2 Å². The van der Waals surface area contributed by atoms with Crippen LogP contribution in [0.15, 0.2) is 35.6 Å². The molecule has 1 heterocycles. The molecule has 3 rings (SSSR count). The molecule has 25 heavy (non-hydrogen) atoms. The molecule has 1 aliphatic carbocycles. The zero-order valence-corrected chi connectivity index (χ0v) is 15.1. The van der Waals surface area contributed by atoms with Gasteiger partial charge in [-0.3, -0.25) is 4.68 Å². The molecule has 0 amide bonds. The number of para-hydroxylation sites is 1. The van der Waals surface area contributed by atoms with Gasteiger partial charge in [-0.15, -0.1) is 0 Å². The van der Waals surface area contributed by atoms with Gasteiger partial charge < -0.3 is 15.4 Å². The SMILES string of the molecule is CCNC(=NCc1ncnn1C)NCC1(c2ccccc2OC)CC1. The zero-order valence-electron chi connectivity index (χ0n) is 15.1. The second kappa shape index (κ2) is 7.55. The highest BCUT2D eigenvalue weighted by atomic mass is 16.5. The molecule has 0 spiro atoms. The van der Waals surface area contributed by atoms with Crippen LogP contribution in [-0.4, -0.2) is 40.9 Å². The van der Waals surface area contributed by atoms with Crippen LogP contribution < -0.4 is 15.4 Å². The Morgan fingerprint density at radius 1 is 1.32 bits per heavy atom. The van der Waals surface area contributed by atoms with Crippen molar-refractivity contribution in [2.24, 2.45) is 12.0 Å². The quantitative estimate of drug-likeness (QED) is 0.590. The van der Waals surface area contributed by atoms with Gasteiger partial charge in [0.2, 0.25) is 0 Å². The Morgan fingerprint density at radius 2 is 2.12 bits per heavy atom. The number of benzene rings is 1.